The molecule has 6 nitrogen and oxygen atoms in total. The first-order chi connectivity index (χ1) is 12.7. The van der Waals surface area contributed by atoms with Crippen LogP contribution in [0.25, 0.3) is 5.69 Å². The number of hydrogen-bond acceptors (Lipinski definition) is 3. The third-order valence-electron chi connectivity index (χ3n) is 5.43. The number of benzene rings is 1. The molecule has 1 aromatic carbocycles. The minimum absolute atomic E-state index is 0.0912. The van der Waals surface area contributed by atoms with Crippen LogP contribution in [0.5, 0.6) is 0 Å². The Kier molecular flexibility index (Phi) is 4.73. The topological polar surface area (TPSA) is 67.2 Å². The Labute approximate surface area is 153 Å². The summed E-state index contributed by atoms with van der Waals surface area (Å²) in [5, 5.41) is 7.20. The van der Waals surface area contributed by atoms with Gasteiger partial charge in [-0.1, -0.05) is 18.9 Å². The van der Waals surface area contributed by atoms with E-state index in [0.29, 0.717) is 6.54 Å². The Morgan fingerprint density at radius 3 is 2.69 bits per heavy atom. The zero-order valence-electron chi connectivity index (χ0n) is 14.8. The van der Waals surface area contributed by atoms with Crippen molar-refractivity contribution in [3.05, 3.63) is 42.7 Å². The lowest BCUT2D eigenvalue weighted by atomic mass is 10.1. The summed E-state index contributed by atoms with van der Waals surface area (Å²) in [4.78, 5) is 27.4. The minimum Gasteiger partial charge on any atom is -0.330 e. The SMILES string of the molecule is O=C(Nc1cccc(-n2cccn2)c1)[C@@H]1CCCN1C(=O)C1CCCC1. The van der Waals surface area contributed by atoms with Gasteiger partial charge >= 0.3 is 0 Å². The van der Waals surface area contributed by atoms with Gasteiger partial charge in [0.2, 0.25) is 11.8 Å². The zero-order chi connectivity index (χ0) is 17.9. The number of nitrogens with one attached hydrogen (secondary N) is 1. The number of amides is 2. The van der Waals surface area contributed by atoms with Crippen molar-refractivity contribution in [2.24, 2.45) is 5.92 Å². The van der Waals surface area contributed by atoms with Crippen LogP contribution >= 0.6 is 0 Å². The van der Waals surface area contributed by atoms with E-state index in [1.165, 1.54) is 0 Å². The van der Waals surface area contributed by atoms with Gasteiger partial charge in [-0.25, -0.2) is 4.68 Å². The van der Waals surface area contributed by atoms with Gasteiger partial charge in [0.05, 0.1) is 5.69 Å². The summed E-state index contributed by atoms with van der Waals surface area (Å²) in [6.07, 6.45) is 9.40. The third kappa shape index (κ3) is 3.36. The first-order valence-corrected chi connectivity index (χ1v) is 9.44. The van der Waals surface area contributed by atoms with Crippen LogP contribution in [0.3, 0.4) is 0 Å². The normalized spacial score (nSPS) is 20.5. The van der Waals surface area contributed by atoms with E-state index in [1.54, 1.807) is 10.9 Å². The molecule has 6 heteroatoms. The predicted octanol–water partition coefficient (Wildman–Crippen LogP) is 2.99. The molecule has 0 unspecified atom stereocenters. The minimum atomic E-state index is -0.351. The highest BCUT2D eigenvalue weighted by Crippen LogP contribution is 2.30. The fourth-order valence-corrected chi connectivity index (χ4v) is 4.08. The Morgan fingerprint density at radius 1 is 1.08 bits per heavy atom. The second kappa shape index (κ2) is 7.32. The van der Waals surface area contributed by atoms with Crippen LogP contribution in [0.15, 0.2) is 42.7 Å². The zero-order valence-corrected chi connectivity index (χ0v) is 14.8. The smallest absolute Gasteiger partial charge is 0.247 e. The summed E-state index contributed by atoms with van der Waals surface area (Å²) < 4.78 is 1.75. The number of aromatic nitrogens is 2. The van der Waals surface area contributed by atoms with Crippen molar-refractivity contribution in [2.45, 2.75) is 44.6 Å². The van der Waals surface area contributed by atoms with Crippen LogP contribution in [-0.2, 0) is 9.59 Å². The molecule has 26 heavy (non-hydrogen) atoms. The molecule has 1 aliphatic heterocycles. The van der Waals surface area contributed by atoms with Gasteiger partial charge < -0.3 is 10.2 Å². The molecule has 1 aliphatic carbocycles. The van der Waals surface area contributed by atoms with Crippen molar-refractivity contribution < 1.29 is 9.59 Å². The summed E-state index contributed by atoms with van der Waals surface area (Å²) in [5.74, 6) is 0.198. The molecule has 2 amide bonds. The van der Waals surface area contributed by atoms with Crippen molar-refractivity contribution >= 4 is 17.5 Å². The molecule has 0 spiro atoms. The molecular weight excluding hydrogens is 328 g/mol. The van der Waals surface area contributed by atoms with E-state index in [4.69, 9.17) is 0 Å². The molecule has 1 saturated carbocycles. The highest BCUT2D eigenvalue weighted by molar-refractivity contribution is 5.98. The summed E-state index contributed by atoms with van der Waals surface area (Å²) in [6, 6.07) is 9.09. The lowest BCUT2D eigenvalue weighted by molar-refractivity contribution is -0.140. The van der Waals surface area contributed by atoms with Gasteiger partial charge in [0, 0.05) is 30.5 Å². The van der Waals surface area contributed by atoms with Crippen LogP contribution in [0.1, 0.15) is 38.5 Å². The number of carbonyl (C=O) groups excluding carboxylic acids is 2. The van der Waals surface area contributed by atoms with Crippen LogP contribution in [0.2, 0.25) is 0 Å². The molecule has 0 bridgehead atoms. The highest BCUT2D eigenvalue weighted by atomic mass is 16.2. The fraction of sp³-hybridized carbons (Fsp3) is 0.450. The van der Waals surface area contributed by atoms with Gasteiger partial charge in [0.15, 0.2) is 0 Å². The molecule has 1 atom stereocenters. The number of likely N-dealkylation sites (tertiary alicyclic amines) is 1. The lowest BCUT2D eigenvalue weighted by Gasteiger charge is -2.26. The van der Waals surface area contributed by atoms with Crippen molar-refractivity contribution in [2.75, 3.05) is 11.9 Å². The molecule has 2 aliphatic rings. The van der Waals surface area contributed by atoms with E-state index in [-0.39, 0.29) is 23.8 Å². The van der Waals surface area contributed by atoms with Gasteiger partial charge in [0.1, 0.15) is 6.04 Å². The molecule has 0 radical (unpaired) electrons. The Balaban J connectivity index is 1.45. The van der Waals surface area contributed by atoms with Crippen molar-refractivity contribution in [1.29, 1.82) is 0 Å². The first-order valence-electron chi connectivity index (χ1n) is 9.44. The van der Waals surface area contributed by atoms with E-state index in [9.17, 15) is 9.59 Å². The maximum absolute atomic E-state index is 12.8. The lowest BCUT2D eigenvalue weighted by Crippen LogP contribution is -2.45. The molecular formula is C20H24N4O2. The monoisotopic (exact) mass is 352 g/mol. The molecule has 2 heterocycles. The number of anilines is 1. The van der Waals surface area contributed by atoms with E-state index < -0.39 is 0 Å². The number of nitrogens with zero attached hydrogens (tertiary/aromatic N) is 3. The molecule has 2 aromatic rings. The van der Waals surface area contributed by atoms with Crippen LogP contribution in [0.4, 0.5) is 5.69 Å². The quantitative estimate of drug-likeness (QED) is 0.920. The van der Waals surface area contributed by atoms with Crippen molar-refractivity contribution in [3.8, 4) is 5.69 Å². The molecule has 1 aromatic heterocycles. The highest BCUT2D eigenvalue weighted by Gasteiger charge is 2.37. The largest absolute Gasteiger partial charge is 0.330 e. The van der Waals surface area contributed by atoms with Gasteiger partial charge in [-0.3, -0.25) is 9.59 Å². The van der Waals surface area contributed by atoms with Gasteiger partial charge in [0.25, 0.3) is 0 Å². The van der Waals surface area contributed by atoms with Gasteiger partial charge in [-0.2, -0.15) is 5.10 Å². The molecule has 4 rings (SSSR count). The summed E-state index contributed by atoms with van der Waals surface area (Å²) in [6.45, 7) is 0.695. The van der Waals surface area contributed by atoms with E-state index >= 15 is 0 Å². The van der Waals surface area contributed by atoms with E-state index in [0.717, 1.165) is 49.9 Å². The van der Waals surface area contributed by atoms with E-state index in [1.807, 2.05) is 41.4 Å². The van der Waals surface area contributed by atoms with Crippen LogP contribution < -0.4 is 5.32 Å². The predicted molar refractivity (Wildman–Crippen MR) is 98.9 cm³/mol. The van der Waals surface area contributed by atoms with Crippen LogP contribution in [0, 0.1) is 5.92 Å². The Bertz CT molecular complexity index is 781. The third-order valence-corrected chi connectivity index (χ3v) is 5.43. The first kappa shape index (κ1) is 16.8. The van der Waals surface area contributed by atoms with Crippen molar-refractivity contribution in [3.63, 3.8) is 0 Å². The second-order valence-electron chi connectivity index (χ2n) is 7.16. The average Bonchev–Trinajstić information content (AvgIpc) is 3.44. The maximum atomic E-state index is 12.8. The second-order valence-corrected chi connectivity index (χ2v) is 7.16. The Hall–Kier alpha value is -2.63. The summed E-state index contributed by atoms with van der Waals surface area (Å²) in [7, 11) is 0. The maximum Gasteiger partial charge on any atom is 0.247 e. The van der Waals surface area contributed by atoms with Crippen LogP contribution in [-0.4, -0.2) is 39.1 Å². The van der Waals surface area contributed by atoms with Gasteiger partial charge in [-0.15, -0.1) is 0 Å². The average molecular weight is 352 g/mol. The summed E-state index contributed by atoms with van der Waals surface area (Å²) >= 11 is 0. The fourth-order valence-electron chi connectivity index (χ4n) is 4.08. The number of rotatable bonds is 4. The summed E-state index contributed by atoms with van der Waals surface area (Å²) in [5.41, 5.74) is 1.61. The molecule has 2 fully saturated rings. The standard InChI is InChI=1S/C20H24N4O2/c25-19(18-10-4-12-23(18)20(26)15-6-1-2-7-15)22-16-8-3-9-17(14-16)24-13-5-11-21-24/h3,5,8-9,11,13-15,18H,1-2,4,6-7,10,12H2,(H,22,25)/t18-/m0/s1. The van der Waals surface area contributed by atoms with Gasteiger partial charge in [-0.05, 0) is 49.9 Å². The van der Waals surface area contributed by atoms with Crippen molar-refractivity contribution in [1.82, 2.24) is 14.7 Å². The number of carbonyl (C=O) groups is 2. The molecule has 136 valence electrons. The van der Waals surface area contributed by atoms with E-state index in [2.05, 4.69) is 10.4 Å². The molecule has 1 N–H and O–H groups in total. The molecule has 1 saturated heterocycles. The Morgan fingerprint density at radius 2 is 1.92 bits per heavy atom. The number of hydrogen-bond donors (Lipinski definition) is 1.